The summed E-state index contributed by atoms with van der Waals surface area (Å²) in [6.45, 7) is 3.90. The number of aliphatic carboxylic acids is 2. The molecule has 0 saturated heterocycles. The minimum atomic E-state index is -4.26. The number of hydrogen-bond acceptors (Lipinski definition) is 6. The summed E-state index contributed by atoms with van der Waals surface area (Å²) in [6.07, 6.45) is 5.91. The third-order valence-electron chi connectivity index (χ3n) is 9.15. The smallest absolute Gasteiger partial charge is 0.356 e. The Morgan fingerprint density at radius 1 is 0.660 bits per heavy atom. The first kappa shape index (κ1) is 43.1. The monoisotopic (exact) mass is 792 g/mol. The molecule has 0 heterocycles. The van der Waals surface area contributed by atoms with E-state index >= 15 is 0 Å². The van der Waals surface area contributed by atoms with E-state index in [-0.39, 0.29) is 27.7 Å². The van der Waals surface area contributed by atoms with Gasteiger partial charge in [0.2, 0.25) is 11.8 Å². The van der Waals surface area contributed by atoms with Gasteiger partial charge in [0.05, 0.1) is 50.3 Å². The highest BCUT2D eigenvalue weighted by molar-refractivity contribution is 7.60. The van der Waals surface area contributed by atoms with Gasteiger partial charge in [0.1, 0.15) is 0 Å². The summed E-state index contributed by atoms with van der Waals surface area (Å²) >= 11 is 11.9. The van der Waals surface area contributed by atoms with Gasteiger partial charge in [-0.05, 0) is 93.1 Å². The molecule has 53 heavy (non-hydrogen) atoms. The third-order valence-corrected chi connectivity index (χ3v) is 10.9. The molecule has 4 atom stereocenters. The number of aryl methyl sites for hydroxylation is 2. The van der Waals surface area contributed by atoms with Crippen molar-refractivity contribution in [2.75, 3.05) is 10.6 Å². The Kier molecular flexibility index (Phi) is 16.0. The number of halogens is 2. The van der Waals surface area contributed by atoms with Gasteiger partial charge < -0.3 is 35.7 Å². The Labute approximate surface area is 316 Å². The molecule has 0 spiro atoms. The molecule has 2 fully saturated rings. The number of amides is 2. The summed E-state index contributed by atoms with van der Waals surface area (Å²) in [4.78, 5) is 74.9. The van der Waals surface area contributed by atoms with E-state index < -0.39 is 49.2 Å². The molecule has 2 aliphatic rings. The Balaban J connectivity index is 0.000000220. The number of aromatic carboxylic acids is 1. The van der Waals surface area contributed by atoms with Crippen LogP contribution in [-0.4, -0.2) is 54.8 Å². The zero-order valence-electron chi connectivity index (χ0n) is 29.1. The molecule has 0 unspecified atom stereocenters. The number of nitrogens with one attached hydrogen (secondary N) is 2. The van der Waals surface area contributed by atoms with Crippen LogP contribution in [0.1, 0.15) is 72.9 Å². The van der Waals surface area contributed by atoms with Crippen LogP contribution in [0.3, 0.4) is 0 Å². The number of benzene rings is 3. The van der Waals surface area contributed by atoms with Crippen LogP contribution in [0.25, 0.3) is 0 Å². The van der Waals surface area contributed by atoms with Crippen LogP contribution < -0.4 is 15.9 Å². The minimum Gasteiger partial charge on any atom is -0.481 e. The molecule has 13 nitrogen and oxygen atoms in total. The van der Waals surface area contributed by atoms with Crippen LogP contribution in [-0.2, 0) is 23.7 Å². The van der Waals surface area contributed by atoms with Gasteiger partial charge in [-0.25, -0.2) is 4.79 Å². The lowest BCUT2D eigenvalue weighted by molar-refractivity contribution is -0.148. The molecule has 7 N–H and O–H groups in total. The molecular weight excluding hydrogens is 750 g/mol. The van der Waals surface area contributed by atoms with E-state index in [9.17, 15) is 38.8 Å². The zero-order chi connectivity index (χ0) is 39.5. The largest absolute Gasteiger partial charge is 0.481 e. The van der Waals surface area contributed by atoms with E-state index in [4.69, 9.17) is 38.1 Å². The van der Waals surface area contributed by atoms with Crippen LogP contribution in [0.15, 0.2) is 60.7 Å². The molecule has 2 aliphatic carbocycles. The summed E-state index contributed by atoms with van der Waals surface area (Å²) < 4.78 is 10.7. The van der Waals surface area contributed by atoms with E-state index in [1.165, 1.54) is 0 Å². The fourth-order valence-electron chi connectivity index (χ4n) is 6.20. The van der Waals surface area contributed by atoms with Gasteiger partial charge in [-0.3, -0.25) is 23.7 Å². The molecule has 0 aromatic heterocycles. The average Bonchev–Trinajstić information content (AvgIpc) is 3.12. The maximum Gasteiger partial charge on any atom is 0.356 e. The summed E-state index contributed by atoms with van der Waals surface area (Å²) in [6, 6.07) is 15.3. The van der Waals surface area contributed by atoms with Crippen molar-refractivity contribution in [1.82, 2.24) is 0 Å². The van der Waals surface area contributed by atoms with Crippen molar-refractivity contribution in [3.05, 3.63) is 87.4 Å². The number of rotatable bonds is 8. The topological polar surface area (TPSA) is 228 Å². The number of anilines is 2. The van der Waals surface area contributed by atoms with E-state index in [0.29, 0.717) is 36.4 Å². The predicted molar refractivity (Wildman–Crippen MR) is 201 cm³/mol. The van der Waals surface area contributed by atoms with Crippen molar-refractivity contribution < 1.29 is 53.6 Å². The predicted octanol–water partition coefficient (Wildman–Crippen LogP) is 7.14. The van der Waals surface area contributed by atoms with Gasteiger partial charge in [-0.15, -0.1) is 0 Å². The quantitative estimate of drug-likeness (QED) is 0.113. The Morgan fingerprint density at radius 3 is 1.58 bits per heavy atom. The molecule has 16 heteroatoms. The van der Waals surface area contributed by atoms with Gasteiger partial charge in [0, 0.05) is 5.69 Å². The number of carboxylic acid groups (broad SMARTS) is 3. The second kappa shape index (κ2) is 19.7. The highest BCUT2D eigenvalue weighted by Gasteiger charge is 2.37. The first-order valence-corrected chi connectivity index (χ1v) is 19.3. The first-order valence-electron chi connectivity index (χ1n) is 16.9. The lowest BCUT2D eigenvalue weighted by Gasteiger charge is -2.27. The van der Waals surface area contributed by atoms with Crippen LogP contribution in [0.5, 0.6) is 0 Å². The van der Waals surface area contributed by atoms with Gasteiger partial charge in [-0.1, -0.05) is 67.1 Å². The highest BCUT2D eigenvalue weighted by Crippen LogP contribution is 2.35. The average molecular weight is 794 g/mol. The fraction of sp³-hybridized carbons (Fsp3) is 0.378. The van der Waals surface area contributed by atoms with Crippen LogP contribution in [0.2, 0.25) is 10.0 Å². The van der Waals surface area contributed by atoms with Crippen molar-refractivity contribution >= 4 is 77.2 Å². The maximum atomic E-state index is 12.4. The second-order valence-electron chi connectivity index (χ2n) is 13.0. The number of carbonyl (C=O) groups excluding carboxylic acids is 2. The fourth-order valence-corrected chi connectivity index (χ4v) is 7.09. The highest BCUT2D eigenvalue weighted by atomic mass is 35.5. The van der Waals surface area contributed by atoms with Gasteiger partial charge >= 0.3 is 25.5 Å². The molecule has 0 radical (unpaired) electrons. The summed E-state index contributed by atoms with van der Waals surface area (Å²) in [5.41, 5.74) is 3.26. The third kappa shape index (κ3) is 12.7. The van der Waals surface area contributed by atoms with E-state index in [1.807, 2.05) is 32.0 Å². The van der Waals surface area contributed by atoms with E-state index in [0.717, 1.165) is 66.8 Å². The van der Waals surface area contributed by atoms with Crippen LogP contribution in [0.4, 0.5) is 11.4 Å². The number of carboxylic acids is 3. The van der Waals surface area contributed by atoms with Crippen LogP contribution >= 0.6 is 30.8 Å². The lowest BCUT2D eigenvalue weighted by atomic mass is 9.78. The second-order valence-corrected chi connectivity index (χ2v) is 15.4. The van der Waals surface area contributed by atoms with Crippen molar-refractivity contribution in [1.29, 1.82) is 0 Å². The zero-order valence-corrected chi connectivity index (χ0v) is 31.5. The summed E-state index contributed by atoms with van der Waals surface area (Å²) in [7, 11) is -4.26. The molecule has 3 aromatic carbocycles. The van der Waals surface area contributed by atoms with E-state index in [2.05, 4.69) is 10.6 Å². The van der Waals surface area contributed by atoms with Gasteiger partial charge in [0.15, 0.2) is 0 Å². The van der Waals surface area contributed by atoms with E-state index in [1.54, 1.807) is 18.2 Å². The Morgan fingerprint density at radius 2 is 1.13 bits per heavy atom. The van der Waals surface area contributed by atoms with Crippen molar-refractivity contribution in [2.24, 2.45) is 23.7 Å². The molecule has 2 amide bonds. The van der Waals surface area contributed by atoms with Gasteiger partial charge in [0.25, 0.3) is 0 Å². The molecule has 0 aliphatic heterocycles. The maximum absolute atomic E-state index is 12.4. The van der Waals surface area contributed by atoms with Gasteiger partial charge in [-0.2, -0.15) is 0 Å². The van der Waals surface area contributed by atoms with Crippen LogP contribution in [0, 0.1) is 37.5 Å². The molecule has 3 aromatic rings. The standard InChI is InChI=1S/C16H21NO3.C14H15Cl2NO3.C7H7O5P/c1-10-7-8-11(2)14(9-10)17-15(18)12-5-3-4-6-13(12)16(19)20;15-10-6-3-7-11(12(10)16)17-13(18)8-4-1-2-5-9(8)14(19)20;8-7(9)5-1-3-6(4-2-5)13(10,11)12/h7-9,12-13H,3-6H2,1-2H3,(H,17,18)(H,19,20);3,6-9H,1-2,4-5H2,(H,17,18)(H,19,20);1-4H,(H,8,9)(H2,10,11,12)/t12-,13+;8-,9+;/m00./s1. The number of hydrogen-bond donors (Lipinski definition) is 7. The normalized spacial score (nSPS) is 19.6. The first-order chi connectivity index (χ1) is 24.9. The minimum absolute atomic E-state index is 0.00259. The molecule has 286 valence electrons. The van der Waals surface area contributed by atoms with Crippen molar-refractivity contribution in [2.45, 2.75) is 65.2 Å². The lowest BCUT2D eigenvalue weighted by Crippen LogP contribution is -2.36. The van der Waals surface area contributed by atoms with Crippen molar-refractivity contribution in [3.63, 3.8) is 0 Å². The Hall–Kier alpha value is -4.26. The Bertz CT molecular complexity index is 1800. The molecular formula is C37H43Cl2N2O11P. The molecule has 0 bridgehead atoms. The summed E-state index contributed by atoms with van der Waals surface area (Å²) in [5.74, 6) is -5.47. The van der Waals surface area contributed by atoms with Crippen molar-refractivity contribution in [3.8, 4) is 0 Å². The molecule has 5 rings (SSSR count). The SMILES string of the molecule is Cc1ccc(C)c(NC(=O)[C@H]2CCCC[C@H]2C(=O)O)c1.O=C(Nc1cccc(Cl)c1Cl)[C@H]1CCCC[C@H]1C(=O)O.O=C(O)c1ccc(P(=O)(O)O)cc1. The number of carbonyl (C=O) groups is 5. The molecule has 2 saturated carbocycles. The summed E-state index contributed by atoms with van der Waals surface area (Å²) in [5, 5.41) is 32.9.